The molecule has 29 heavy (non-hydrogen) atoms. The van der Waals surface area contributed by atoms with Crippen molar-refractivity contribution in [3.63, 3.8) is 0 Å². The maximum absolute atomic E-state index is 12.4. The van der Waals surface area contributed by atoms with Gasteiger partial charge in [0.15, 0.2) is 0 Å². The monoisotopic (exact) mass is 400 g/mol. The normalized spacial score (nSPS) is 13.4. The predicted octanol–water partition coefficient (Wildman–Crippen LogP) is 3.06. The first kappa shape index (κ1) is 19.9. The SMILES string of the molecule is CCc1cc2c(c(CC)c1[N+](=O)[O-])C(C(=O)O)(C(=O)O)c1cc([N+](=O)[O-])ccc1-2. The number of fused-ring (bicyclic) bond motifs is 3. The van der Waals surface area contributed by atoms with Gasteiger partial charge in [0, 0.05) is 28.8 Å². The molecule has 3 rings (SSSR count). The summed E-state index contributed by atoms with van der Waals surface area (Å²) in [6.07, 6.45) is 0.289. The van der Waals surface area contributed by atoms with Gasteiger partial charge in [0.05, 0.1) is 9.85 Å². The van der Waals surface area contributed by atoms with Gasteiger partial charge >= 0.3 is 11.9 Å². The zero-order chi connectivity index (χ0) is 21.7. The van der Waals surface area contributed by atoms with Crippen molar-refractivity contribution in [2.24, 2.45) is 0 Å². The van der Waals surface area contributed by atoms with E-state index in [-0.39, 0.29) is 46.3 Å². The molecule has 150 valence electrons. The molecule has 10 nitrogen and oxygen atoms in total. The Hall–Kier alpha value is -3.82. The maximum atomic E-state index is 12.4. The van der Waals surface area contributed by atoms with Crippen LogP contribution >= 0.6 is 0 Å². The van der Waals surface area contributed by atoms with Gasteiger partial charge in [-0.3, -0.25) is 29.8 Å². The van der Waals surface area contributed by atoms with Gasteiger partial charge in [-0.25, -0.2) is 0 Å². The molecule has 0 fully saturated rings. The second-order valence-corrected chi connectivity index (χ2v) is 6.60. The summed E-state index contributed by atoms with van der Waals surface area (Å²) in [6.45, 7) is 3.27. The Kier molecular flexibility index (Phi) is 4.57. The van der Waals surface area contributed by atoms with E-state index in [2.05, 4.69) is 0 Å². The molecule has 10 heteroatoms. The lowest BCUT2D eigenvalue weighted by atomic mass is 9.75. The number of aliphatic carboxylic acids is 2. The molecule has 0 aliphatic heterocycles. The third-order valence-corrected chi connectivity index (χ3v) is 5.32. The number of carbonyl (C=O) groups is 2. The van der Waals surface area contributed by atoms with Crippen LogP contribution in [0.15, 0.2) is 24.3 Å². The number of hydrogen-bond acceptors (Lipinski definition) is 6. The van der Waals surface area contributed by atoms with Crippen LogP contribution < -0.4 is 0 Å². The predicted molar refractivity (Wildman–Crippen MR) is 100.0 cm³/mol. The van der Waals surface area contributed by atoms with Crippen LogP contribution in [0.4, 0.5) is 11.4 Å². The van der Waals surface area contributed by atoms with Gasteiger partial charge in [0.25, 0.3) is 11.4 Å². The van der Waals surface area contributed by atoms with Gasteiger partial charge in [0.1, 0.15) is 0 Å². The summed E-state index contributed by atoms with van der Waals surface area (Å²) in [5, 5.41) is 43.0. The van der Waals surface area contributed by atoms with E-state index in [0.717, 1.165) is 12.1 Å². The highest BCUT2D eigenvalue weighted by molar-refractivity contribution is 6.15. The molecule has 0 amide bonds. The van der Waals surface area contributed by atoms with Gasteiger partial charge in [-0.1, -0.05) is 13.8 Å². The molecule has 0 spiro atoms. The van der Waals surface area contributed by atoms with E-state index >= 15 is 0 Å². The van der Waals surface area contributed by atoms with E-state index in [1.165, 1.54) is 12.1 Å². The van der Waals surface area contributed by atoms with E-state index in [4.69, 9.17) is 0 Å². The van der Waals surface area contributed by atoms with Crippen LogP contribution in [-0.4, -0.2) is 32.0 Å². The zero-order valence-electron chi connectivity index (χ0n) is 15.5. The summed E-state index contributed by atoms with van der Waals surface area (Å²) in [5.74, 6) is -3.53. The quantitative estimate of drug-likeness (QED) is 0.425. The molecule has 0 aromatic heterocycles. The van der Waals surface area contributed by atoms with Crippen molar-refractivity contribution < 1.29 is 29.6 Å². The first-order valence-electron chi connectivity index (χ1n) is 8.72. The van der Waals surface area contributed by atoms with Gasteiger partial charge < -0.3 is 10.2 Å². The average Bonchev–Trinajstić information content (AvgIpc) is 2.96. The van der Waals surface area contributed by atoms with Crippen LogP contribution in [0.25, 0.3) is 11.1 Å². The summed E-state index contributed by atoms with van der Waals surface area (Å²) in [6, 6.07) is 4.80. The third kappa shape index (κ3) is 2.49. The van der Waals surface area contributed by atoms with Gasteiger partial charge in [-0.15, -0.1) is 0 Å². The fourth-order valence-corrected chi connectivity index (χ4v) is 4.13. The number of benzene rings is 2. The van der Waals surface area contributed by atoms with E-state index in [1.807, 2.05) is 0 Å². The second kappa shape index (κ2) is 6.66. The average molecular weight is 400 g/mol. The smallest absolute Gasteiger partial charge is 0.330 e. The largest absolute Gasteiger partial charge is 0.480 e. The number of aryl methyl sites for hydroxylation is 1. The Balaban J connectivity index is 2.60. The van der Waals surface area contributed by atoms with Gasteiger partial charge in [-0.05, 0) is 41.7 Å². The molecule has 0 saturated carbocycles. The lowest BCUT2D eigenvalue weighted by molar-refractivity contribution is -0.386. The minimum Gasteiger partial charge on any atom is -0.480 e. The van der Waals surface area contributed by atoms with E-state index in [1.54, 1.807) is 13.8 Å². The summed E-state index contributed by atoms with van der Waals surface area (Å²) in [5.41, 5.74) is -3.17. The van der Waals surface area contributed by atoms with Gasteiger partial charge in [-0.2, -0.15) is 0 Å². The summed E-state index contributed by atoms with van der Waals surface area (Å²) >= 11 is 0. The summed E-state index contributed by atoms with van der Waals surface area (Å²) < 4.78 is 0. The summed E-state index contributed by atoms with van der Waals surface area (Å²) in [7, 11) is 0. The summed E-state index contributed by atoms with van der Waals surface area (Å²) in [4.78, 5) is 46.3. The minimum atomic E-state index is -2.68. The number of hydrogen-bond donors (Lipinski definition) is 2. The molecule has 0 atom stereocenters. The van der Waals surface area contributed by atoms with Crippen LogP contribution in [-0.2, 0) is 27.8 Å². The molecule has 0 unspecified atom stereocenters. The number of nitro groups is 2. The van der Waals surface area contributed by atoms with E-state index in [0.29, 0.717) is 5.56 Å². The van der Waals surface area contributed by atoms with Crippen molar-refractivity contribution in [1.82, 2.24) is 0 Å². The molecule has 0 bridgehead atoms. The third-order valence-electron chi connectivity index (χ3n) is 5.32. The van der Waals surface area contributed by atoms with Crippen molar-refractivity contribution in [1.29, 1.82) is 0 Å². The molecular weight excluding hydrogens is 384 g/mol. The number of nitrogens with zero attached hydrogens (tertiary/aromatic N) is 2. The van der Waals surface area contributed by atoms with Crippen LogP contribution in [0, 0.1) is 20.2 Å². The Bertz CT molecular complexity index is 1090. The van der Waals surface area contributed by atoms with Crippen LogP contribution in [0.1, 0.15) is 36.1 Å². The first-order valence-corrected chi connectivity index (χ1v) is 8.72. The van der Waals surface area contributed by atoms with E-state index in [9.17, 15) is 40.0 Å². The fourth-order valence-electron chi connectivity index (χ4n) is 4.13. The molecule has 2 N–H and O–H groups in total. The molecule has 0 heterocycles. The lowest BCUT2D eigenvalue weighted by Gasteiger charge is -2.24. The second-order valence-electron chi connectivity index (χ2n) is 6.60. The maximum Gasteiger partial charge on any atom is 0.330 e. The Morgan fingerprint density at radius 3 is 2.03 bits per heavy atom. The van der Waals surface area contributed by atoms with Crippen molar-refractivity contribution in [2.45, 2.75) is 32.1 Å². The van der Waals surface area contributed by atoms with Crippen molar-refractivity contribution in [3.8, 4) is 11.1 Å². The number of rotatable bonds is 6. The Labute approximate surface area is 163 Å². The molecule has 2 aromatic carbocycles. The van der Waals surface area contributed by atoms with Crippen LogP contribution in [0.3, 0.4) is 0 Å². The van der Waals surface area contributed by atoms with Crippen molar-refractivity contribution >= 4 is 23.3 Å². The molecule has 0 radical (unpaired) electrons. The first-order chi connectivity index (χ1) is 13.6. The fraction of sp³-hybridized carbons (Fsp3) is 0.263. The van der Waals surface area contributed by atoms with Crippen LogP contribution in [0.2, 0.25) is 0 Å². The highest BCUT2D eigenvalue weighted by Gasteiger charge is 2.58. The van der Waals surface area contributed by atoms with Crippen molar-refractivity contribution in [2.75, 3.05) is 0 Å². The Morgan fingerprint density at radius 2 is 1.59 bits per heavy atom. The molecule has 1 aliphatic carbocycles. The highest BCUT2D eigenvalue weighted by Crippen LogP contribution is 2.54. The lowest BCUT2D eigenvalue weighted by Crippen LogP contribution is -2.44. The number of carboxylic acids is 2. The van der Waals surface area contributed by atoms with Gasteiger partial charge in [0.2, 0.25) is 5.41 Å². The molecule has 1 aliphatic rings. The zero-order valence-corrected chi connectivity index (χ0v) is 15.5. The molecule has 0 saturated heterocycles. The standard InChI is InChI=1S/C19H16N2O8/c1-3-9-7-13-12-6-5-10(20(26)27)8-14(12)19(17(22)23,18(24)25)15(13)11(4-2)16(9)21(28)29/h5-8H,3-4H2,1-2H3,(H,22,23)(H,24,25). The number of carboxylic acid groups (broad SMARTS) is 2. The number of non-ortho nitro benzene ring substituents is 1. The minimum absolute atomic E-state index is 0.00741. The highest BCUT2D eigenvalue weighted by atomic mass is 16.6. The van der Waals surface area contributed by atoms with Crippen molar-refractivity contribution in [3.05, 3.63) is 66.7 Å². The molecule has 2 aromatic rings. The Morgan fingerprint density at radius 1 is 0.966 bits per heavy atom. The molecular formula is C19H16N2O8. The number of nitro benzene ring substituents is 2. The van der Waals surface area contributed by atoms with E-state index < -0.39 is 32.9 Å². The van der Waals surface area contributed by atoms with Crippen LogP contribution in [0.5, 0.6) is 0 Å². The topological polar surface area (TPSA) is 161 Å².